The van der Waals surface area contributed by atoms with Crippen LogP contribution in [-0.2, 0) is 4.79 Å². The number of nitrogens with one attached hydrogen (secondary N) is 3. The molecule has 1 aromatic rings. The summed E-state index contributed by atoms with van der Waals surface area (Å²) < 4.78 is 5.59. The first-order valence-corrected chi connectivity index (χ1v) is 9.43. The molecule has 0 aromatic heterocycles. The average molecular weight is 565 g/mol. The van der Waals surface area contributed by atoms with Gasteiger partial charge >= 0.3 is 6.03 Å². The van der Waals surface area contributed by atoms with Crippen molar-refractivity contribution in [2.24, 2.45) is 4.99 Å². The number of carbonyl (C=O) groups excluding carboxylic acids is 2. The van der Waals surface area contributed by atoms with E-state index in [-0.39, 0.29) is 49.5 Å². The van der Waals surface area contributed by atoms with Crippen LogP contribution in [0.2, 0.25) is 15.1 Å². The maximum Gasteiger partial charge on any atom is 0.324 e. The van der Waals surface area contributed by atoms with Crippen LogP contribution >= 0.6 is 58.8 Å². The summed E-state index contributed by atoms with van der Waals surface area (Å²) in [5, 5.41) is 9.72. The van der Waals surface area contributed by atoms with Crippen LogP contribution in [0.5, 0.6) is 5.75 Å². The second-order valence-electron chi connectivity index (χ2n) is 5.44. The highest BCUT2D eigenvalue weighted by Crippen LogP contribution is 2.35. The molecule has 12 heteroatoms. The number of benzene rings is 1. The van der Waals surface area contributed by atoms with Crippen molar-refractivity contribution in [3.63, 3.8) is 0 Å². The fourth-order valence-electron chi connectivity index (χ4n) is 2.27. The molecular weight excluding hydrogens is 543 g/mol. The number of urea groups is 1. The monoisotopic (exact) mass is 563 g/mol. The van der Waals surface area contributed by atoms with E-state index in [9.17, 15) is 9.59 Å². The molecule has 0 saturated carbocycles. The third-order valence-corrected chi connectivity index (χ3v) is 4.26. The Balaban J connectivity index is 0.00000392. The molecule has 3 N–H and O–H groups in total. The van der Waals surface area contributed by atoms with Gasteiger partial charge in [0.2, 0.25) is 5.91 Å². The van der Waals surface area contributed by atoms with Crippen LogP contribution in [0.4, 0.5) is 4.79 Å². The van der Waals surface area contributed by atoms with E-state index in [1.165, 1.54) is 0 Å². The Morgan fingerprint density at radius 3 is 2.50 bits per heavy atom. The molecule has 0 spiro atoms. The lowest BCUT2D eigenvalue weighted by Crippen LogP contribution is -2.40. The Labute approximate surface area is 195 Å². The number of guanidine groups is 1. The number of halogens is 4. The third-order valence-electron chi connectivity index (χ3n) is 3.48. The van der Waals surface area contributed by atoms with Gasteiger partial charge < -0.3 is 20.7 Å². The first-order chi connectivity index (χ1) is 12.9. The number of hydrogen-bond donors (Lipinski definition) is 3. The predicted molar refractivity (Wildman–Crippen MR) is 121 cm³/mol. The number of aliphatic imine (C=N–C) groups is 1. The van der Waals surface area contributed by atoms with Crippen molar-refractivity contribution >= 4 is 76.7 Å². The Morgan fingerprint density at radius 2 is 1.93 bits per heavy atom. The second-order valence-corrected chi connectivity index (χ2v) is 6.69. The maximum absolute atomic E-state index is 11.5. The summed E-state index contributed by atoms with van der Waals surface area (Å²) in [6, 6.07) is 2.72. The summed E-state index contributed by atoms with van der Waals surface area (Å²) in [5.74, 6) is 0.657. The highest BCUT2D eigenvalue weighted by molar-refractivity contribution is 14.0. The zero-order valence-corrected chi connectivity index (χ0v) is 19.7. The van der Waals surface area contributed by atoms with E-state index in [0.717, 1.165) is 4.90 Å². The normalized spacial score (nSPS) is 13.9. The van der Waals surface area contributed by atoms with Crippen LogP contribution in [-0.4, -0.2) is 62.1 Å². The molecule has 1 aliphatic heterocycles. The van der Waals surface area contributed by atoms with Gasteiger partial charge in [0.25, 0.3) is 0 Å². The second kappa shape index (κ2) is 12.4. The summed E-state index contributed by atoms with van der Waals surface area (Å²) in [6.07, 6.45) is 0. The van der Waals surface area contributed by atoms with Crippen molar-refractivity contribution in [2.45, 2.75) is 6.92 Å². The summed E-state index contributed by atoms with van der Waals surface area (Å²) in [4.78, 5) is 28.5. The molecule has 0 unspecified atom stereocenters. The quantitative estimate of drug-likeness (QED) is 0.148. The summed E-state index contributed by atoms with van der Waals surface area (Å²) >= 11 is 18.0. The maximum atomic E-state index is 11.5. The molecule has 1 aliphatic rings. The van der Waals surface area contributed by atoms with Crippen LogP contribution in [0.25, 0.3) is 0 Å². The van der Waals surface area contributed by atoms with E-state index in [2.05, 4.69) is 20.9 Å². The van der Waals surface area contributed by atoms with Gasteiger partial charge in [-0.1, -0.05) is 34.8 Å². The highest BCUT2D eigenvalue weighted by Gasteiger charge is 2.27. The van der Waals surface area contributed by atoms with Gasteiger partial charge in [-0.3, -0.25) is 14.7 Å². The lowest BCUT2D eigenvalue weighted by atomic mass is 10.3. The molecule has 3 amide bonds. The lowest BCUT2D eigenvalue weighted by molar-refractivity contribution is -0.124. The zero-order chi connectivity index (χ0) is 19.8. The summed E-state index contributed by atoms with van der Waals surface area (Å²) in [7, 11) is 0. The fraction of sp³-hybridized carbons (Fsp3) is 0.438. The van der Waals surface area contributed by atoms with Crippen molar-refractivity contribution in [1.82, 2.24) is 20.9 Å². The van der Waals surface area contributed by atoms with Crippen molar-refractivity contribution < 1.29 is 14.3 Å². The van der Waals surface area contributed by atoms with Crippen LogP contribution in [0.3, 0.4) is 0 Å². The standard InChI is InChI=1S/C16H20Cl3N5O3.HI/c1-2-20-15(21-3-5-24-13(25)9-23-16(24)26)22-4-6-27-14-11(18)7-10(17)8-12(14)19;/h7-8H,2-6,9H2,1H3,(H,23,26)(H2,20,21,22);1H. The minimum Gasteiger partial charge on any atom is -0.489 e. The molecule has 0 radical (unpaired) electrons. The van der Waals surface area contributed by atoms with E-state index in [1.54, 1.807) is 12.1 Å². The van der Waals surface area contributed by atoms with Gasteiger partial charge in [0.15, 0.2) is 11.7 Å². The predicted octanol–water partition coefficient (Wildman–Crippen LogP) is 2.75. The molecule has 0 aliphatic carbocycles. The van der Waals surface area contributed by atoms with Crippen molar-refractivity contribution in [1.29, 1.82) is 0 Å². The molecule has 156 valence electrons. The Hall–Kier alpha value is -1.17. The molecule has 1 saturated heterocycles. The van der Waals surface area contributed by atoms with Crippen LogP contribution in [0.15, 0.2) is 17.1 Å². The molecule has 1 fully saturated rings. The molecular formula is C16H21Cl3IN5O3. The van der Waals surface area contributed by atoms with Crippen molar-refractivity contribution in [2.75, 3.05) is 39.3 Å². The fourth-order valence-corrected chi connectivity index (χ4v) is 3.20. The van der Waals surface area contributed by atoms with Gasteiger partial charge in [0.05, 0.1) is 36.2 Å². The summed E-state index contributed by atoms with van der Waals surface area (Å²) in [5.41, 5.74) is 0. The average Bonchev–Trinajstić information content (AvgIpc) is 2.92. The first kappa shape index (κ1) is 24.9. The van der Waals surface area contributed by atoms with Gasteiger partial charge in [0, 0.05) is 11.6 Å². The number of nitrogens with zero attached hydrogens (tertiary/aromatic N) is 2. The number of imide groups is 1. The number of rotatable bonds is 8. The minimum absolute atomic E-state index is 0. The molecule has 1 aromatic carbocycles. The largest absolute Gasteiger partial charge is 0.489 e. The zero-order valence-electron chi connectivity index (χ0n) is 15.1. The molecule has 8 nitrogen and oxygen atoms in total. The smallest absolute Gasteiger partial charge is 0.324 e. The van der Waals surface area contributed by atoms with Gasteiger partial charge in [-0.05, 0) is 19.1 Å². The summed E-state index contributed by atoms with van der Waals surface area (Å²) in [6.45, 7) is 3.84. The van der Waals surface area contributed by atoms with Gasteiger partial charge in [-0.15, -0.1) is 24.0 Å². The van der Waals surface area contributed by atoms with E-state index in [4.69, 9.17) is 39.5 Å². The van der Waals surface area contributed by atoms with E-state index in [0.29, 0.717) is 46.5 Å². The molecule has 2 rings (SSSR count). The molecule has 0 atom stereocenters. The van der Waals surface area contributed by atoms with Crippen molar-refractivity contribution in [3.8, 4) is 5.75 Å². The highest BCUT2D eigenvalue weighted by atomic mass is 127. The van der Waals surface area contributed by atoms with Crippen molar-refractivity contribution in [3.05, 3.63) is 27.2 Å². The minimum atomic E-state index is -0.390. The number of carbonyl (C=O) groups is 2. The SMILES string of the molecule is CCNC(=NCCN1C(=O)CNC1=O)NCCOc1c(Cl)cc(Cl)cc1Cl.I. The molecule has 1 heterocycles. The molecule has 0 bridgehead atoms. The lowest BCUT2D eigenvalue weighted by Gasteiger charge is -2.14. The number of amides is 3. The Kier molecular flexibility index (Phi) is 11.0. The topological polar surface area (TPSA) is 95.1 Å². The van der Waals surface area contributed by atoms with E-state index in [1.807, 2.05) is 6.92 Å². The Morgan fingerprint density at radius 1 is 1.25 bits per heavy atom. The van der Waals surface area contributed by atoms with E-state index < -0.39 is 6.03 Å². The number of hydrogen-bond acceptors (Lipinski definition) is 4. The van der Waals surface area contributed by atoms with Gasteiger partial charge in [-0.2, -0.15) is 0 Å². The van der Waals surface area contributed by atoms with Crippen LogP contribution in [0, 0.1) is 0 Å². The Bertz CT molecular complexity index is 696. The third kappa shape index (κ3) is 7.34. The van der Waals surface area contributed by atoms with Gasteiger partial charge in [-0.25, -0.2) is 4.79 Å². The van der Waals surface area contributed by atoms with Gasteiger partial charge in [0.1, 0.15) is 6.61 Å². The number of ether oxygens (including phenoxy) is 1. The van der Waals surface area contributed by atoms with Crippen LogP contribution < -0.4 is 20.7 Å². The first-order valence-electron chi connectivity index (χ1n) is 8.30. The van der Waals surface area contributed by atoms with E-state index >= 15 is 0 Å². The molecule has 28 heavy (non-hydrogen) atoms. The van der Waals surface area contributed by atoms with Crippen LogP contribution in [0.1, 0.15) is 6.92 Å².